The lowest BCUT2D eigenvalue weighted by molar-refractivity contribution is 0.470. The van der Waals surface area contributed by atoms with Gasteiger partial charge in [-0.05, 0) is 35.4 Å². The summed E-state index contributed by atoms with van der Waals surface area (Å²) in [7, 11) is 0. The van der Waals surface area contributed by atoms with Crippen molar-refractivity contribution in [2.24, 2.45) is 11.5 Å². The number of furan rings is 2. The van der Waals surface area contributed by atoms with Crippen molar-refractivity contribution >= 4 is 0 Å². The fraction of sp³-hybridized carbons (Fsp3) is 0.222. The normalized spacial score (nSPS) is 11.0. The molecule has 0 aliphatic carbocycles. The van der Waals surface area contributed by atoms with Crippen molar-refractivity contribution in [2.75, 3.05) is 0 Å². The molecule has 0 radical (unpaired) electrons. The first-order valence-electron chi connectivity index (χ1n) is 7.40. The van der Waals surface area contributed by atoms with E-state index in [0.29, 0.717) is 13.1 Å². The molecule has 0 unspecified atom stereocenters. The molecule has 22 heavy (non-hydrogen) atoms. The topological polar surface area (TPSA) is 78.3 Å². The van der Waals surface area contributed by atoms with Crippen LogP contribution in [-0.2, 0) is 25.9 Å². The van der Waals surface area contributed by atoms with Crippen molar-refractivity contribution in [1.82, 2.24) is 0 Å². The van der Waals surface area contributed by atoms with Crippen LogP contribution in [0.25, 0.3) is 0 Å². The molecule has 0 saturated heterocycles. The third kappa shape index (κ3) is 3.30. The smallest absolute Gasteiger partial charge is 0.117 e. The van der Waals surface area contributed by atoms with Gasteiger partial charge in [0.05, 0.1) is 13.1 Å². The van der Waals surface area contributed by atoms with Gasteiger partial charge in [-0.15, -0.1) is 0 Å². The van der Waals surface area contributed by atoms with Gasteiger partial charge in [0.2, 0.25) is 0 Å². The molecule has 4 heteroatoms. The highest BCUT2D eigenvalue weighted by Gasteiger charge is 2.09. The summed E-state index contributed by atoms with van der Waals surface area (Å²) in [6.45, 7) is 0.853. The second kappa shape index (κ2) is 6.64. The fourth-order valence-corrected chi connectivity index (χ4v) is 2.53. The van der Waals surface area contributed by atoms with Gasteiger partial charge in [-0.1, -0.05) is 24.3 Å². The van der Waals surface area contributed by atoms with Gasteiger partial charge >= 0.3 is 0 Å². The van der Waals surface area contributed by atoms with E-state index < -0.39 is 0 Å². The van der Waals surface area contributed by atoms with Crippen LogP contribution in [0.3, 0.4) is 0 Å². The number of hydrogen-bond donors (Lipinski definition) is 2. The van der Waals surface area contributed by atoms with E-state index >= 15 is 0 Å². The Morgan fingerprint density at radius 3 is 1.36 bits per heavy atom. The minimum Gasteiger partial charge on any atom is -0.464 e. The molecule has 3 rings (SSSR count). The predicted octanol–water partition coefficient (Wildman–Crippen LogP) is 2.97. The molecular weight excluding hydrogens is 276 g/mol. The number of hydrogen-bond acceptors (Lipinski definition) is 4. The second-order valence-electron chi connectivity index (χ2n) is 5.27. The zero-order chi connectivity index (χ0) is 15.4. The van der Waals surface area contributed by atoms with Crippen LogP contribution < -0.4 is 11.5 Å². The Kier molecular flexibility index (Phi) is 4.42. The predicted molar refractivity (Wildman–Crippen MR) is 85.3 cm³/mol. The standard InChI is InChI=1S/C18H20N2O2/c19-11-17-7-5-15(21-17)9-13-3-1-2-4-14(13)10-16-6-8-18(12-20)22-16/h1-8H,9-12,19-20H2. The molecule has 3 aromatic rings. The SMILES string of the molecule is NCc1ccc(Cc2ccccc2Cc2ccc(CN)o2)o1. The zero-order valence-corrected chi connectivity index (χ0v) is 12.4. The summed E-state index contributed by atoms with van der Waals surface area (Å²) in [6, 6.07) is 16.1. The van der Waals surface area contributed by atoms with E-state index in [2.05, 4.69) is 12.1 Å². The van der Waals surface area contributed by atoms with E-state index in [1.54, 1.807) is 0 Å². The van der Waals surface area contributed by atoms with Crippen LogP contribution in [0, 0.1) is 0 Å². The Morgan fingerprint density at radius 2 is 1.00 bits per heavy atom. The van der Waals surface area contributed by atoms with Crippen molar-refractivity contribution < 1.29 is 8.83 Å². The molecule has 0 aliphatic heterocycles. The average Bonchev–Trinajstić information content (AvgIpc) is 3.18. The first-order chi connectivity index (χ1) is 10.8. The van der Waals surface area contributed by atoms with Crippen LogP contribution >= 0.6 is 0 Å². The van der Waals surface area contributed by atoms with Gasteiger partial charge in [0.15, 0.2) is 0 Å². The molecule has 4 nitrogen and oxygen atoms in total. The lowest BCUT2D eigenvalue weighted by atomic mass is 10.00. The van der Waals surface area contributed by atoms with Crippen LogP contribution in [0.1, 0.15) is 34.2 Å². The van der Waals surface area contributed by atoms with E-state index in [1.807, 2.05) is 36.4 Å². The molecule has 2 heterocycles. The van der Waals surface area contributed by atoms with Crippen LogP contribution in [0.5, 0.6) is 0 Å². The molecule has 0 saturated carbocycles. The maximum Gasteiger partial charge on any atom is 0.117 e. The maximum absolute atomic E-state index is 5.70. The third-order valence-electron chi connectivity index (χ3n) is 3.68. The highest BCUT2D eigenvalue weighted by Crippen LogP contribution is 2.20. The highest BCUT2D eigenvalue weighted by atomic mass is 16.3. The Morgan fingerprint density at radius 1 is 0.591 bits per heavy atom. The summed E-state index contributed by atoms with van der Waals surface area (Å²) < 4.78 is 11.4. The minimum atomic E-state index is 0.426. The number of benzene rings is 1. The van der Waals surface area contributed by atoms with E-state index in [4.69, 9.17) is 20.3 Å². The summed E-state index contributed by atoms with van der Waals surface area (Å²) in [4.78, 5) is 0. The molecule has 0 spiro atoms. The van der Waals surface area contributed by atoms with E-state index in [9.17, 15) is 0 Å². The van der Waals surface area contributed by atoms with Crippen molar-refractivity contribution in [3.8, 4) is 0 Å². The van der Waals surface area contributed by atoms with Crippen molar-refractivity contribution in [1.29, 1.82) is 0 Å². The van der Waals surface area contributed by atoms with Crippen LogP contribution in [-0.4, -0.2) is 0 Å². The summed E-state index contributed by atoms with van der Waals surface area (Å²) in [5.41, 5.74) is 13.6. The van der Waals surface area contributed by atoms with E-state index in [0.717, 1.165) is 35.9 Å². The van der Waals surface area contributed by atoms with E-state index in [1.165, 1.54) is 11.1 Å². The number of nitrogens with two attached hydrogens (primary N) is 2. The molecule has 114 valence electrons. The maximum atomic E-state index is 5.70. The highest BCUT2D eigenvalue weighted by molar-refractivity contribution is 5.33. The molecular formula is C18H20N2O2. The van der Waals surface area contributed by atoms with Crippen LogP contribution in [0.2, 0.25) is 0 Å². The lowest BCUT2D eigenvalue weighted by Crippen LogP contribution is -1.96. The fourth-order valence-electron chi connectivity index (χ4n) is 2.53. The van der Waals surface area contributed by atoms with Gasteiger partial charge in [-0.3, -0.25) is 0 Å². The Labute approximate surface area is 129 Å². The first kappa shape index (κ1) is 14.6. The van der Waals surface area contributed by atoms with Gasteiger partial charge in [0, 0.05) is 12.8 Å². The largest absolute Gasteiger partial charge is 0.464 e. The van der Waals surface area contributed by atoms with Crippen LogP contribution in [0.15, 0.2) is 57.4 Å². The quantitative estimate of drug-likeness (QED) is 0.733. The Bertz CT molecular complexity index is 680. The van der Waals surface area contributed by atoms with Crippen molar-refractivity contribution in [2.45, 2.75) is 25.9 Å². The zero-order valence-electron chi connectivity index (χ0n) is 12.4. The Hall–Kier alpha value is -2.30. The molecule has 1 aromatic carbocycles. The minimum absolute atomic E-state index is 0.426. The molecule has 0 bridgehead atoms. The molecule has 0 amide bonds. The van der Waals surface area contributed by atoms with Crippen molar-refractivity contribution in [3.05, 3.63) is 82.7 Å². The average molecular weight is 296 g/mol. The van der Waals surface area contributed by atoms with E-state index in [-0.39, 0.29) is 0 Å². The summed E-state index contributed by atoms with van der Waals surface area (Å²) in [5, 5.41) is 0. The second-order valence-corrected chi connectivity index (χ2v) is 5.27. The van der Waals surface area contributed by atoms with Crippen LogP contribution in [0.4, 0.5) is 0 Å². The van der Waals surface area contributed by atoms with Gasteiger partial charge in [0.25, 0.3) is 0 Å². The van der Waals surface area contributed by atoms with Gasteiger partial charge in [-0.2, -0.15) is 0 Å². The monoisotopic (exact) mass is 296 g/mol. The number of rotatable bonds is 6. The first-order valence-corrected chi connectivity index (χ1v) is 7.40. The molecule has 2 aromatic heterocycles. The third-order valence-corrected chi connectivity index (χ3v) is 3.68. The van der Waals surface area contributed by atoms with Gasteiger partial charge in [0.1, 0.15) is 23.0 Å². The van der Waals surface area contributed by atoms with Crippen molar-refractivity contribution in [3.63, 3.8) is 0 Å². The molecule has 0 fully saturated rings. The lowest BCUT2D eigenvalue weighted by Gasteiger charge is -2.07. The molecule has 0 aliphatic rings. The summed E-state index contributed by atoms with van der Waals surface area (Å²) >= 11 is 0. The molecule has 0 atom stereocenters. The van der Waals surface area contributed by atoms with Gasteiger partial charge in [-0.25, -0.2) is 0 Å². The molecule has 4 N–H and O–H groups in total. The summed E-state index contributed by atoms with van der Waals surface area (Å²) in [5.74, 6) is 3.47. The van der Waals surface area contributed by atoms with Gasteiger partial charge < -0.3 is 20.3 Å². The summed E-state index contributed by atoms with van der Waals surface area (Å²) in [6.07, 6.45) is 1.50. The Balaban J connectivity index is 1.79.